The van der Waals surface area contributed by atoms with Crippen molar-refractivity contribution in [3.63, 3.8) is 0 Å². The highest BCUT2D eigenvalue weighted by molar-refractivity contribution is 5.91. The van der Waals surface area contributed by atoms with E-state index >= 15 is 0 Å². The number of nitrogens with zero attached hydrogens (tertiary/aromatic N) is 2. The van der Waals surface area contributed by atoms with Crippen LogP contribution >= 0.6 is 0 Å². The minimum atomic E-state index is -4.79. The number of hydrogen-bond donors (Lipinski definition) is 1. The predicted octanol–water partition coefficient (Wildman–Crippen LogP) is 3.89. The van der Waals surface area contributed by atoms with Gasteiger partial charge >= 0.3 is 6.36 Å². The number of rotatable bonds is 7. The van der Waals surface area contributed by atoms with Gasteiger partial charge < -0.3 is 24.4 Å². The number of hydrogen-bond acceptors (Lipinski definition) is 6. The monoisotopic (exact) mass is 427 g/mol. The first-order chi connectivity index (χ1) is 14.2. The fraction of sp³-hybridized carbons (Fsp3) is 0.263. The number of ether oxygens (including phenoxy) is 3. The predicted molar refractivity (Wildman–Crippen MR) is 98.2 cm³/mol. The molecule has 0 unspecified atom stereocenters. The molecule has 0 aliphatic carbocycles. The summed E-state index contributed by atoms with van der Waals surface area (Å²) in [7, 11) is 1.44. The zero-order valence-electron chi connectivity index (χ0n) is 15.7. The summed E-state index contributed by atoms with van der Waals surface area (Å²) in [5.74, 6) is -1.47. The van der Waals surface area contributed by atoms with Crippen molar-refractivity contribution in [3.05, 3.63) is 48.9 Å². The van der Waals surface area contributed by atoms with Crippen molar-refractivity contribution >= 4 is 11.6 Å². The van der Waals surface area contributed by atoms with Gasteiger partial charge in [-0.15, -0.1) is 13.2 Å². The Bertz CT molecular complexity index is 928. The average Bonchev–Trinajstić information content (AvgIpc) is 2.64. The number of pyridine rings is 1. The van der Waals surface area contributed by atoms with Crippen LogP contribution in [-0.2, 0) is 4.79 Å². The van der Waals surface area contributed by atoms with Gasteiger partial charge in [0.15, 0.2) is 5.83 Å². The lowest BCUT2D eigenvalue weighted by Crippen LogP contribution is -2.57. The molecule has 1 aromatic heterocycles. The van der Waals surface area contributed by atoms with E-state index in [4.69, 9.17) is 9.47 Å². The number of halogens is 4. The summed E-state index contributed by atoms with van der Waals surface area (Å²) < 4.78 is 64.5. The number of anilines is 1. The van der Waals surface area contributed by atoms with Crippen LogP contribution in [0.15, 0.2) is 48.9 Å². The van der Waals surface area contributed by atoms with E-state index < -0.39 is 18.1 Å². The van der Waals surface area contributed by atoms with E-state index in [1.807, 2.05) is 0 Å². The van der Waals surface area contributed by atoms with E-state index in [0.29, 0.717) is 11.4 Å². The van der Waals surface area contributed by atoms with Crippen LogP contribution in [-0.4, -0.2) is 48.4 Å². The van der Waals surface area contributed by atoms with Crippen molar-refractivity contribution in [2.24, 2.45) is 0 Å². The van der Waals surface area contributed by atoms with Crippen molar-refractivity contribution in [2.75, 3.05) is 25.5 Å². The molecule has 1 aromatic carbocycles. The molecule has 3 rings (SSSR count). The zero-order chi connectivity index (χ0) is 21.9. The Kier molecular flexibility index (Phi) is 5.99. The van der Waals surface area contributed by atoms with Gasteiger partial charge in [0.2, 0.25) is 5.88 Å². The van der Waals surface area contributed by atoms with Crippen LogP contribution in [0.4, 0.5) is 23.2 Å². The quantitative estimate of drug-likeness (QED) is 0.534. The molecular weight excluding hydrogens is 410 g/mol. The first kappa shape index (κ1) is 21.2. The van der Waals surface area contributed by atoms with Crippen LogP contribution < -0.4 is 19.5 Å². The summed E-state index contributed by atoms with van der Waals surface area (Å²) in [6.07, 6.45) is -3.36. The minimum absolute atomic E-state index is 0.110. The van der Waals surface area contributed by atoms with E-state index in [-0.39, 0.29) is 36.5 Å². The molecule has 30 heavy (non-hydrogen) atoms. The second-order valence-corrected chi connectivity index (χ2v) is 6.27. The fourth-order valence-electron chi connectivity index (χ4n) is 2.74. The Morgan fingerprint density at radius 2 is 1.83 bits per heavy atom. The van der Waals surface area contributed by atoms with Gasteiger partial charge in [0, 0.05) is 25.4 Å². The zero-order valence-corrected chi connectivity index (χ0v) is 15.7. The molecule has 1 aliphatic heterocycles. The van der Waals surface area contributed by atoms with Crippen LogP contribution in [0, 0.1) is 0 Å². The number of alkyl halides is 3. The van der Waals surface area contributed by atoms with Gasteiger partial charge in [-0.05, 0) is 24.3 Å². The maximum Gasteiger partial charge on any atom is 0.573 e. The summed E-state index contributed by atoms with van der Waals surface area (Å²) in [5.41, 5.74) is 0.381. The molecule has 0 spiro atoms. The number of nitrogens with one attached hydrogen (secondary N) is 1. The van der Waals surface area contributed by atoms with Gasteiger partial charge in [-0.2, -0.15) is 0 Å². The third-order valence-electron chi connectivity index (χ3n) is 4.12. The number of amides is 1. The molecule has 160 valence electrons. The molecule has 1 amide bonds. The minimum Gasteiger partial charge on any atom is -0.494 e. The SMILES string of the molecule is C=C(F)C(=O)N1CC(Nc2c(OC)ccnc2Oc2ccc(OC(F)(F)F)cc2)C1. The lowest BCUT2D eigenvalue weighted by Gasteiger charge is -2.39. The highest BCUT2D eigenvalue weighted by Crippen LogP contribution is 2.37. The Morgan fingerprint density at radius 3 is 2.40 bits per heavy atom. The van der Waals surface area contributed by atoms with Crippen LogP contribution in [0.1, 0.15) is 0 Å². The van der Waals surface area contributed by atoms with Gasteiger partial charge in [-0.25, -0.2) is 9.37 Å². The van der Waals surface area contributed by atoms with Crippen LogP contribution in [0.2, 0.25) is 0 Å². The summed E-state index contributed by atoms with van der Waals surface area (Å²) in [4.78, 5) is 17.0. The number of carbonyl (C=O) groups excluding carboxylic acids is 1. The lowest BCUT2D eigenvalue weighted by atomic mass is 10.1. The van der Waals surface area contributed by atoms with E-state index in [9.17, 15) is 22.4 Å². The van der Waals surface area contributed by atoms with Gasteiger partial charge in [0.05, 0.1) is 13.2 Å². The summed E-state index contributed by atoms with van der Waals surface area (Å²) in [6.45, 7) is 3.46. The molecule has 0 saturated carbocycles. The molecule has 1 fully saturated rings. The molecule has 0 bridgehead atoms. The Hall–Kier alpha value is -3.50. The average molecular weight is 427 g/mol. The first-order valence-corrected chi connectivity index (χ1v) is 8.63. The Labute approximate surface area is 168 Å². The van der Waals surface area contributed by atoms with Crippen molar-refractivity contribution in [1.29, 1.82) is 0 Å². The molecule has 2 aromatic rings. The molecule has 1 saturated heterocycles. The number of aromatic nitrogens is 1. The highest BCUT2D eigenvalue weighted by Gasteiger charge is 2.33. The van der Waals surface area contributed by atoms with Crippen molar-refractivity contribution in [1.82, 2.24) is 9.88 Å². The topological polar surface area (TPSA) is 72.9 Å². The molecule has 1 N–H and O–H groups in total. The molecule has 1 aliphatic rings. The van der Waals surface area contributed by atoms with Gasteiger partial charge in [-0.1, -0.05) is 6.58 Å². The van der Waals surface area contributed by atoms with Gasteiger partial charge in [0.1, 0.15) is 22.9 Å². The van der Waals surface area contributed by atoms with Crippen LogP contribution in [0.3, 0.4) is 0 Å². The summed E-state index contributed by atoms with van der Waals surface area (Å²) in [5, 5.41) is 3.12. The van der Waals surface area contributed by atoms with E-state index in [1.54, 1.807) is 6.07 Å². The van der Waals surface area contributed by atoms with Crippen molar-refractivity contribution in [2.45, 2.75) is 12.4 Å². The largest absolute Gasteiger partial charge is 0.573 e. The molecule has 0 radical (unpaired) electrons. The number of benzene rings is 1. The first-order valence-electron chi connectivity index (χ1n) is 8.63. The third kappa shape index (κ3) is 5.10. The standard InChI is InChI=1S/C19H17F4N3O4/c1-11(20)18(27)26-9-12(10-26)25-16-15(28-2)7-8-24-17(16)29-13-3-5-14(6-4-13)30-19(21,22)23/h3-8,12,25H,1,9-10H2,2H3. The van der Waals surface area contributed by atoms with E-state index in [0.717, 1.165) is 12.1 Å². The lowest BCUT2D eigenvalue weighted by molar-refractivity contribution is -0.274. The smallest absolute Gasteiger partial charge is 0.494 e. The molecular formula is C19H17F4N3O4. The normalized spacial score (nSPS) is 14.0. The van der Waals surface area contributed by atoms with Crippen molar-refractivity contribution < 1.29 is 36.6 Å². The third-order valence-corrected chi connectivity index (χ3v) is 4.12. The van der Waals surface area contributed by atoms with Crippen molar-refractivity contribution in [3.8, 4) is 23.1 Å². The molecule has 7 nitrogen and oxygen atoms in total. The number of likely N-dealkylation sites (tertiary alicyclic amines) is 1. The fourth-order valence-corrected chi connectivity index (χ4v) is 2.74. The summed E-state index contributed by atoms with van der Waals surface area (Å²) >= 11 is 0. The molecule has 11 heteroatoms. The Balaban J connectivity index is 1.72. The number of methoxy groups -OCH3 is 1. The van der Waals surface area contributed by atoms with Gasteiger partial charge in [-0.3, -0.25) is 4.79 Å². The maximum absolute atomic E-state index is 12.9. The Morgan fingerprint density at radius 1 is 1.20 bits per heavy atom. The molecule has 0 atom stereocenters. The number of carbonyl (C=O) groups is 1. The van der Waals surface area contributed by atoms with Crippen LogP contribution in [0.5, 0.6) is 23.1 Å². The maximum atomic E-state index is 12.9. The second kappa shape index (κ2) is 8.47. The van der Waals surface area contributed by atoms with Gasteiger partial charge in [0.25, 0.3) is 5.91 Å². The van der Waals surface area contributed by atoms with E-state index in [1.165, 1.54) is 30.3 Å². The summed E-state index contributed by atoms with van der Waals surface area (Å²) in [6, 6.07) is 6.17. The highest BCUT2D eigenvalue weighted by atomic mass is 19.4. The molecule has 2 heterocycles. The van der Waals surface area contributed by atoms with E-state index in [2.05, 4.69) is 21.6 Å². The van der Waals surface area contributed by atoms with Crippen LogP contribution in [0.25, 0.3) is 0 Å². The second-order valence-electron chi connectivity index (χ2n) is 6.27.